The standard InChI is InChI=1S/C13H16N4O3/c1-16-12-9(8-19-2)6-17(7-10(12)14-15-16)13(18)11-4-3-5-20-11/h3-5,9H,6-8H2,1-2H3. The normalized spacial score (nSPS) is 18.1. The smallest absolute Gasteiger partial charge is 0.289 e. The summed E-state index contributed by atoms with van der Waals surface area (Å²) in [6, 6.07) is 3.37. The van der Waals surface area contributed by atoms with Gasteiger partial charge in [-0.25, -0.2) is 0 Å². The van der Waals surface area contributed by atoms with E-state index in [0.29, 0.717) is 25.5 Å². The zero-order chi connectivity index (χ0) is 14.1. The Morgan fingerprint density at radius 3 is 3.15 bits per heavy atom. The summed E-state index contributed by atoms with van der Waals surface area (Å²) in [5.41, 5.74) is 1.86. The fourth-order valence-electron chi connectivity index (χ4n) is 2.66. The zero-order valence-corrected chi connectivity index (χ0v) is 11.4. The summed E-state index contributed by atoms with van der Waals surface area (Å²) < 4.78 is 12.2. The van der Waals surface area contributed by atoms with E-state index in [-0.39, 0.29) is 11.8 Å². The Kier molecular flexibility index (Phi) is 3.27. The molecule has 3 heterocycles. The molecule has 0 bridgehead atoms. The molecular formula is C13H16N4O3. The molecule has 0 saturated heterocycles. The maximum Gasteiger partial charge on any atom is 0.289 e. The van der Waals surface area contributed by atoms with E-state index in [1.54, 1.807) is 28.8 Å². The molecule has 1 aliphatic heterocycles. The van der Waals surface area contributed by atoms with Crippen LogP contribution in [0.3, 0.4) is 0 Å². The summed E-state index contributed by atoms with van der Waals surface area (Å²) in [4.78, 5) is 14.1. The number of rotatable bonds is 3. The zero-order valence-electron chi connectivity index (χ0n) is 11.4. The van der Waals surface area contributed by atoms with Crippen LogP contribution in [0.1, 0.15) is 27.9 Å². The molecule has 0 aliphatic carbocycles. The van der Waals surface area contributed by atoms with E-state index < -0.39 is 0 Å². The van der Waals surface area contributed by atoms with Crippen LogP contribution in [0.15, 0.2) is 22.8 Å². The molecule has 1 atom stereocenters. The van der Waals surface area contributed by atoms with Gasteiger partial charge < -0.3 is 14.1 Å². The molecule has 0 spiro atoms. The van der Waals surface area contributed by atoms with Gasteiger partial charge >= 0.3 is 0 Å². The van der Waals surface area contributed by atoms with E-state index in [2.05, 4.69) is 10.3 Å². The molecule has 7 nitrogen and oxygen atoms in total. The number of nitrogens with zero attached hydrogens (tertiary/aromatic N) is 4. The Morgan fingerprint density at radius 2 is 2.45 bits per heavy atom. The third kappa shape index (κ3) is 2.09. The van der Waals surface area contributed by atoms with Crippen LogP contribution < -0.4 is 0 Å². The molecule has 1 aliphatic rings. The van der Waals surface area contributed by atoms with Crippen LogP contribution in [0, 0.1) is 0 Å². The summed E-state index contributed by atoms with van der Waals surface area (Å²) in [6.07, 6.45) is 1.50. The fourth-order valence-corrected chi connectivity index (χ4v) is 2.66. The van der Waals surface area contributed by atoms with Crippen LogP contribution in [-0.2, 0) is 18.3 Å². The SMILES string of the molecule is COCC1CN(C(=O)c2ccco2)Cc2nnn(C)c21. The van der Waals surface area contributed by atoms with Gasteiger partial charge in [-0.15, -0.1) is 5.10 Å². The van der Waals surface area contributed by atoms with E-state index in [1.807, 2.05) is 7.05 Å². The number of hydrogen-bond acceptors (Lipinski definition) is 5. The number of furan rings is 1. The van der Waals surface area contributed by atoms with E-state index in [1.165, 1.54) is 6.26 Å². The van der Waals surface area contributed by atoms with Gasteiger partial charge in [-0.2, -0.15) is 0 Å². The lowest BCUT2D eigenvalue weighted by molar-refractivity contribution is 0.0642. The van der Waals surface area contributed by atoms with Gasteiger partial charge in [-0.1, -0.05) is 5.21 Å². The maximum absolute atomic E-state index is 12.4. The Morgan fingerprint density at radius 1 is 1.60 bits per heavy atom. The maximum atomic E-state index is 12.4. The summed E-state index contributed by atoms with van der Waals surface area (Å²) in [7, 11) is 3.51. The first-order chi connectivity index (χ1) is 9.70. The minimum absolute atomic E-state index is 0.0719. The molecule has 106 valence electrons. The van der Waals surface area contributed by atoms with Gasteiger partial charge in [0.15, 0.2) is 5.76 Å². The lowest BCUT2D eigenvalue weighted by Crippen LogP contribution is -2.40. The summed E-state index contributed by atoms with van der Waals surface area (Å²) >= 11 is 0. The summed E-state index contributed by atoms with van der Waals surface area (Å²) in [5.74, 6) is 0.281. The number of ether oxygens (including phenoxy) is 1. The predicted molar refractivity (Wildman–Crippen MR) is 69.1 cm³/mol. The van der Waals surface area contributed by atoms with Crippen molar-refractivity contribution in [3.8, 4) is 0 Å². The minimum Gasteiger partial charge on any atom is -0.459 e. The Balaban J connectivity index is 1.88. The first kappa shape index (κ1) is 12.9. The lowest BCUT2D eigenvalue weighted by atomic mass is 9.99. The third-order valence-corrected chi connectivity index (χ3v) is 3.50. The first-order valence-electron chi connectivity index (χ1n) is 6.41. The average Bonchev–Trinajstić information content (AvgIpc) is 3.08. The molecule has 0 aromatic carbocycles. The Bertz CT molecular complexity index is 605. The number of methoxy groups -OCH3 is 1. The third-order valence-electron chi connectivity index (χ3n) is 3.50. The molecule has 0 radical (unpaired) electrons. The van der Waals surface area contributed by atoms with Crippen LogP contribution in [0.25, 0.3) is 0 Å². The highest BCUT2D eigenvalue weighted by atomic mass is 16.5. The van der Waals surface area contributed by atoms with Crippen molar-refractivity contribution in [2.75, 3.05) is 20.3 Å². The molecule has 2 aromatic heterocycles. The van der Waals surface area contributed by atoms with Gasteiger partial charge in [0.2, 0.25) is 0 Å². The molecule has 0 saturated carbocycles. The second kappa shape index (κ2) is 5.09. The van der Waals surface area contributed by atoms with E-state index >= 15 is 0 Å². The molecule has 1 amide bonds. The van der Waals surface area contributed by atoms with Crippen molar-refractivity contribution < 1.29 is 13.9 Å². The molecule has 1 unspecified atom stereocenters. The van der Waals surface area contributed by atoms with Crippen LogP contribution in [-0.4, -0.2) is 46.1 Å². The second-order valence-electron chi connectivity index (χ2n) is 4.86. The molecule has 20 heavy (non-hydrogen) atoms. The van der Waals surface area contributed by atoms with E-state index in [4.69, 9.17) is 9.15 Å². The van der Waals surface area contributed by atoms with E-state index in [0.717, 1.165) is 11.4 Å². The van der Waals surface area contributed by atoms with Crippen LogP contribution in [0.4, 0.5) is 0 Å². The fraction of sp³-hybridized carbons (Fsp3) is 0.462. The number of carbonyl (C=O) groups is 1. The largest absolute Gasteiger partial charge is 0.459 e. The second-order valence-corrected chi connectivity index (χ2v) is 4.86. The molecule has 0 fully saturated rings. The van der Waals surface area contributed by atoms with Crippen molar-refractivity contribution in [3.63, 3.8) is 0 Å². The van der Waals surface area contributed by atoms with Gasteiger partial charge in [0.25, 0.3) is 5.91 Å². The lowest BCUT2D eigenvalue weighted by Gasteiger charge is -2.31. The van der Waals surface area contributed by atoms with Gasteiger partial charge in [0, 0.05) is 26.6 Å². The topological polar surface area (TPSA) is 73.4 Å². The molecule has 0 N–H and O–H groups in total. The highest BCUT2D eigenvalue weighted by molar-refractivity contribution is 5.91. The molecule has 3 rings (SSSR count). The quantitative estimate of drug-likeness (QED) is 0.828. The van der Waals surface area contributed by atoms with Crippen LogP contribution in [0.5, 0.6) is 0 Å². The Hall–Kier alpha value is -2.15. The van der Waals surface area contributed by atoms with Gasteiger partial charge in [0.1, 0.15) is 5.69 Å². The first-order valence-corrected chi connectivity index (χ1v) is 6.41. The molecule has 2 aromatic rings. The highest BCUT2D eigenvalue weighted by Gasteiger charge is 2.33. The van der Waals surface area contributed by atoms with Crippen molar-refractivity contribution in [1.29, 1.82) is 0 Å². The van der Waals surface area contributed by atoms with Gasteiger partial charge in [-0.3, -0.25) is 9.48 Å². The number of hydrogen-bond donors (Lipinski definition) is 0. The minimum atomic E-state index is -0.132. The summed E-state index contributed by atoms with van der Waals surface area (Å²) in [5, 5.41) is 8.17. The van der Waals surface area contributed by atoms with Crippen molar-refractivity contribution in [3.05, 3.63) is 35.5 Å². The molecular weight excluding hydrogens is 260 g/mol. The average molecular weight is 276 g/mol. The van der Waals surface area contributed by atoms with Crippen molar-refractivity contribution in [1.82, 2.24) is 19.9 Å². The van der Waals surface area contributed by atoms with Crippen molar-refractivity contribution in [2.24, 2.45) is 7.05 Å². The number of aromatic nitrogens is 3. The Labute approximate surface area is 116 Å². The highest BCUT2D eigenvalue weighted by Crippen LogP contribution is 2.27. The molecule has 7 heteroatoms. The van der Waals surface area contributed by atoms with Gasteiger partial charge in [-0.05, 0) is 12.1 Å². The van der Waals surface area contributed by atoms with Gasteiger partial charge in [0.05, 0.1) is 25.1 Å². The summed E-state index contributed by atoms with van der Waals surface area (Å²) in [6.45, 7) is 1.54. The van der Waals surface area contributed by atoms with Crippen LogP contribution in [0.2, 0.25) is 0 Å². The van der Waals surface area contributed by atoms with Crippen LogP contribution >= 0.6 is 0 Å². The number of amides is 1. The van der Waals surface area contributed by atoms with E-state index in [9.17, 15) is 4.79 Å². The van der Waals surface area contributed by atoms with Crippen molar-refractivity contribution in [2.45, 2.75) is 12.5 Å². The number of aryl methyl sites for hydroxylation is 1. The number of fused-ring (bicyclic) bond motifs is 1. The number of carbonyl (C=O) groups excluding carboxylic acids is 1. The predicted octanol–water partition coefficient (Wildman–Crippen LogP) is 0.794. The van der Waals surface area contributed by atoms with Crippen molar-refractivity contribution >= 4 is 5.91 Å². The monoisotopic (exact) mass is 276 g/mol.